The minimum atomic E-state index is -0.0834. The van der Waals surface area contributed by atoms with Gasteiger partial charge in [-0.3, -0.25) is 4.79 Å². The van der Waals surface area contributed by atoms with E-state index in [0.717, 1.165) is 5.56 Å². The Bertz CT molecular complexity index is 547. The van der Waals surface area contributed by atoms with Gasteiger partial charge in [0.1, 0.15) is 6.61 Å². The van der Waals surface area contributed by atoms with E-state index in [-0.39, 0.29) is 11.5 Å². The molecule has 0 heterocycles. The number of aromatic hydroxyl groups is 1. The van der Waals surface area contributed by atoms with Crippen molar-refractivity contribution in [3.05, 3.63) is 59.7 Å². The molecule has 2 aromatic carbocycles. The molecule has 0 aliphatic carbocycles. The van der Waals surface area contributed by atoms with Crippen LogP contribution in [0.25, 0.3) is 0 Å². The Morgan fingerprint density at radius 3 is 2.30 bits per heavy atom. The number of phenolic OH excluding ortho intramolecular Hbond substituents is 1. The zero-order valence-corrected chi connectivity index (χ0v) is 12.1. The zero-order valence-electron chi connectivity index (χ0n) is 12.1. The number of rotatable bonds is 4. The van der Waals surface area contributed by atoms with Gasteiger partial charge in [-0.25, -0.2) is 0 Å². The van der Waals surface area contributed by atoms with E-state index < -0.39 is 0 Å². The molecule has 0 amide bonds. The number of phenols is 1. The molecule has 106 valence electrons. The first-order valence-electron chi connectivity index (χ1n) is 6.67. The predicted octanol–water partition coefficient (Wildman–Crippen LogP) is 4.20. The van der Waals surface area contributed by atoms with Crippen molar-refractivity contribution in [3.8, 4) is 11.5 Å². The van der Waals surface area contributed by atoms with Gasteiger partial charge < -0.3 is 9.84 Å². The molecule has 3 nitrogen and oxygen atoms in total. The number of hydrogen-bond donors (Lipinski definition) is 1. The summed E-state index contributed by atoms with van der Waals surface area (Å²) in [5.41, 5.74) is 1.49. The van der Waals surface area contributed by atoms with Crippen molar-refractivity contribution < 1.29 is 14.6 Å². The Labute approximate surface area is 119 Å². The van der Waals surface area contributed by atoms with Crippen LogP contribution in [0.3, 0.4) is 0 Å². The fourth-order valence-electron chi connectivity index (χ4n) is 1.59. The lowest BCUT2D eigenvalue weighted by Crippen LogP contribution is -1.97. The van der Waals surface area contributed by atoms with Crippen LogP contribution < -0.4 is 4.74 Å². The van der Waals surface area contributed by atoms with Crippen molar-refractivity contribution in [1.29, 1.82) is 0 Å². The molecular weight excluding hydrogens is 252 g/mol. The fourth-order valence-corrected chi connectivity index (χ4v) is 1.59. The molecule has 2 aromatic rings. The molecule has 0 saturated heterocycles. The summed E-state index contributed by atoms with van der Waals surface area (Å²) in [6.45, 7) is 5.84. The second-order valence-electron chi connectivity index (χ2n) is 4.01. The van der Waals surface area contributed by atoms with Gasteiger partial charge in [-0.05, 0) is 30.7 Å². The summed E-state index contributed by atoms with van der Waals surface area (Å²) in [4.78, 5) is 11.1. The van der Waals surface area contributed by atoms with E-state index in [1.54, 1.807) is 12.1 Å². The van der Waals surface area contributed by atoms with Gasteiger partial charge in [0, 0.05) is 5.56 Å². The second-order valence-corrected chi connectivity index (χ2v) is 4.01. The molecule has 0 spiro atoms. The molecule has 0 fully saturated rings. The van der Waals surface area contributed by atoms with Gasteiger partial charge in [-0.2, -0.15) is 0 Å². The average molecular weight is 272 g/mol. The van der Waals surface area contributed by atoms with Crippen LogP contribution in [0.2, 0.25) is 0 Å². The van der Waals surface area contributed by atoms with Gasteiger partial charge >= 0.3 is 0 Å². The molecule has 0 aliphatic rings. The van der Waals surface area contributed by atoms with Crippen LogP contribution in [0.5, 0.6) is 11.5 Å². The quantitative estimate of drug-likeness (QED) is 0.848. The molecule has 0 atom stereocenters. The zero-order chi connectivity index (χ0) is 15.0. The Kier molecular flexibility index (Phi) is 6.30. The lowest BCUT2D eigenvalue weighted by molar-refractivity contribution is 0.101. The Balaban J connectivity index is 0.000000956. The third-order valence-electron chi connectivity index (χ3n) is 2.60. The maximum atomic E-state index is 11.1. The molecule has 0 bridgehead atoms. The van der Waals surface area contributed by atoms with Crippen molar-refractivity contribution in [2.45, 2.75) is 27.4 Å². The minimum Gasteiger partial charge on any atom is -0.504 e. The van der Waals surface area contributed by atoms with E-state index in [0.29, 0.717) is 17.9 Å². The van der Waals surface area contributed by atoms with Crippen LogP contribution in [0, 0.1) is 0 Å². The maximum absolute atomic E-state index is 11.1. The smallest absolute Gasteiger partial charge is 0.161 e. The number of carbonyl (C=O) groups excluding carboxylic acids is 1. The lowest BCUT2D eigenvalue weighted by atomic mass is 10.1. The van der Waals surface area contributed by atoms with E-state index >= 15 is 0 Å². The van der Waals surface area contributed by atoms with Crippen LogP contribution in [0.1, 0.15) is 36.7 Å². The van der Waals surface area contributed by atoms with E-state index in [2.05, 4.69) is 0 Å². The largest absolute Gasteiger partial charge is 0.504 e. The Morgan fingerprint density at radius 2 is 1.75 bits per heavy atom. The maximum Gasteiger partial charge on any atom is 0.161 e. The average Bonchev–Trinajstić information content (AvgIpc) is 2.49. The molecule has 1 N–H and O–H groups in total. The van der Waals surface area contributed by atoms with Gasteiger partial charge in [0.2, 0.25) is 0 Å². The predicted molar refractivity (Wildman–Crippen MR) is 80.2 cm³/mol. The summed E-state index contributed by atoms with van der Waals surface area (Å²) in [6.07, 6.45) is 0. The van der Waals surface area contributed by atoms with Crippen LogP contribution in [0.4, 0.5) is 0 Å². The number of Topliss-reactive ketones (excluding diaryl/α,β-unsaturated/α-hetero) is 1. The van der Waals surface area contributed by atoms with Gasteiger partial charge in [0.25, 0.3) is 0 Å². The fraction of sp³-hybridized carbons (Fsp3) is 0.235. The van der Waals surface area contributed by atoms with Crippen molar-refractivity contribution in [2.75, 3.05) is 0 Å². The summed E-state index contributed by atoms with van der Waals surface area (Å²) < 4.78 is 5.50. The van der Waals surface area contributed by atoms with Crippen molar-refractivity contribution >= 4 is 5.78 Å². The molecular formula is C17H20O3. The van der Waals surface area contributed by atoms with Crippen LogP contribution in [-0.4, -0.2) is 10.9 Å². The molecule has 3 heteroatoms. The summed E-state index contributed by atoms with van der Waals surface area (Å²) in [6, 6.07) is 14.3. The van der Waals surface area contributed by atoms with Crippen LogP contribution >= 0.6 is 0 Å². The Hall–Kier alpha value is -2.29. The Morgan fingerprint density at radius 1 is 1.10 bits per heavy atom. The summed E-state index contributed by atoms with van der Waals surface area (Å²) in [5, 5.41) is 9.74. The molecule has 0 aromatic heterocycles. The first-order chi connectivity index (χ1) is 9.66. The first kappa shape index (κ1) is 15.8. The number of ether oxygens (including phenoxy) is 1. The third kappa shape index (κ3) is 4.43. The molecule has 0 unspecified atom stereocenters. The summed E-state index contributed by atoms with van der Waals surface area (Å²) in [5.74, 6) is 0.280. The van der Waals surface area contributed by atoms with Gasteiger partial charge in [-0.15, -0.1) is 0 Å². The van der Waals surface area contributed by atoms with Crippen molar-refractivity contribution in [1.82, 2.24) is 0 Å². The standard InChI is InChI=1S/C15H14O3.C2H6/c1-11(16)13-7-8-15(14(17)9-13)18-10-12-5-3-2-4-6-12;1-2/h2-9,17H,10H2,1H3;1-2H3. The van der Waals surface area contributed by atoms with Crippen molar-refractivity contribution in [3.63, 3.8) is 0 Å². The third-order valence-corrected chi connectivity index (χ3v) is 2.60. The molecule has 20 heavy (non-hydrogen) atoms. The molecule has 0 radical (unpaired) electrons. The molecule has 2 rings (SSSR count). The van der Waals surface area contributed by atoms with Crippen molar-refractivity contribution in [2.24, 2.45) is 0 Å². The van der Waals surface area contributed by atoms with Crippen LogP contribution in [0.15, 0.2) is 48.5 Å². The van der Waals surface area contributed by atoms with E-state index in [1.807, 2.05) is 44.2 Å². The molecule has 0 aliphatic heterocycles. The van der Waals surface area contributed by atoms with E-state index in [9.17, 15) is 9.90 Å². The van der Waals surface area contributed by atoms with Gasteiger partial charge in [0.15, 0.2) is 17.3 Å². The highest BCUT2D eigenvalue weighted by Gasteiger charge is 2.06. The normalized spacial score (nSPS) is 9.35. The number of ketones is 1. The van der Waals surface area contributed by atoms with Gasteiger partial charge in [-0.1, -0.05) is 44.2 Å². The number of carbonyl (C=O) groups is 1. The summed E-state index contributed by atoms with van der Waals surface area (Å²) in [7, 11) is 0. The highest BCUT2D eigenvalue weighted by atomic mass is 16.5. The van der Waals surface area contributed by atoms with Gasteiger partial charge in [0.05, 0.1) is 0 Å². The second kappa shape index (κ2) is 8.00. The monoisotopic (exact) mass is 272 g/mol. The number of hydrogen-bond acceptors (Lipinski definition) is 3. The summed E-state index contributed by atoms with van der Waals surface area (Å²) >= 11 is 0. The van der Waals surface area contributed by atoms with Crippen LogP contribution in [-0.2, 0) is 6.61 Å². The number of benzene rings is 2. The first-order valence-corrected chi connectivity index (χ1v) is 6.67. The van der Waals surface area contributed by atoms with E-state index in [4.69, 9.17) is 4.74 Å². The van der Waals surface area contributed by atoms with E-state index in [1.165, 1.54) is 13.0 Å². The highest BCUT2D eigenvalue weighted by molar-refractivity contribution is 5.94. The lowest BCUT2D eigenvalue weighted by Gasteiger charge is -2.08. The SMILES string of the molecule is CC.CC(=O)c1ccc(OCc2ccccc2)c(O)c1. The minimum absolute atomic E-state index is 0.0152. The topological polar surface area (TPSA) is 46.5 Å². The highest BCUT2D eigenvalue weighted by Crippen LogP contribution is 2.27. The molecule has 0 saturated carbocycles.